The molecular weight excluding hydrogens is 1000 g/mol. The van der Waals surface area contributed by atoms with Gasteiger partial charge in [-0.25, -0.2) is 8.78 Å². The van der Waals surface area contributed by atoms with Crippen molar-refractivity contribution in [1.29, 1.82) is 0 Å². The van der Waals surface area contributed by atoms with Gasteiger partial charge in [0, 0.05) is 35.8 Å². The number of pyridine rings is 3. The second-order valence-electron chi connectivity index (χ2n) is 16.3. The summed E-state index contributed by atoms with van der Waals surface area (Å²) < 4.78 is 28.7. The number of benzene rings is 7. The molecule has 0 N–H and O–H groups in total. The number of rotatable bonds is 13. The number of halogens is 2. The molecule has 3 aromatic heterocycles. The van der Waals surface area contributed by atoms with Crippen molar-refractivity contribution in [2.75, 3.05) is 0 Å². The van der Waals surface area contributed by atoms with Crippen molar-refractivity contribution in [2.24, 2.45) is 0 Å². The Kier molecular flexibility index (Phi) is 13.9. The molecule has 0 spiro atoms. The van der Waals surface area contributed by atoms with Crippen LogP contribution in [0, 0.1) is 29.8 Å². The Morgan fingerprint density at radius 1 is 0.343 bits per heavy atom. The van der Waals surface area contributed by atoms with E-state index < -0.39 is 11.6 Å². The van der Waals surface area contributed by atoms with Gasteiger partial charge in [0.1, 0.15) is 11.6 Å². The summed E-state index contributed by atoms with van der Waals surface area (Å²) in [6, 6.07) is 71.1. The van der Waals surface area contributed by atoms with E-state index >= 15 is 0 Å². The van der Waals surface area contributed by atoms with Gasteiger partial charge in [-0.05, 0) is 111 Å². The van der Waals surface area contributed by atoms with Crippen molar-refractivity contribution in [3.63, 3.8) is 0 Å². The van der Waals surface area contributed by atoms with Gasteiger partial charge in [0.25, 0.3) is 0 Å². The maximum absolute atomic E-state index is 14.9. The summed E-state index contributed by atoms with van der Waals surface area (Å²) in [6.07, 6.45) is 9.26. The van der Waals surface area contributed by atoms with Crippen molar-refractivity contribution >= 4 is 0 Å². The average molecular weight is 1050 g/mol. The van der Waals surface area contributed by atoms with E-state index in [1.54, 1.807) is 0 Å². The fourth-order valence-electron chi connectivity index (χ4n) is 8.48. The van der Waals surface area contributed by atoms with Crippen LogP contribution in [-0.2, 0) is 45.8 Å². The Bertz CT molecular complexity index is 3130. The smallest absolute Gasteiger partial charge is 0.304 e. The summed E-state index contributed by atoms with van der Waals surface area (Å²) in [5.74, 6) is -1.20. The molecule has 6 heteroatoms. The van der Waals surface area contributed by atoms with E-state index in [0.29, 0.717) is 11.1 Å². The van der Waals surface area contributed by atoms with Crippen molar-refractivity contribution < 1.29 is 28.9 Å². The van der Waals surface area contributed by atoms with E-state index in [2.05, 4.69) is 91.0 Å². The molecule has 7 aromatic carbocycles. The van der Waals surface area contributed by atoms with Crippen molar-refractivity contribution in [1.82, 2.24) is 15.0 Å². The molecule has 67 heavy (non-hydrogen) atoms. The number of aromatic nitrogens is 3. The molecular formula is C61H42F2IrN3. The first-order valence-corrected chi connectivity index (χ1v) is 22.1. The summed E-state index contributed by atoms with van der Waals surface area (Å²) in [5.41, 5.74) is 17.4. The molecule has 3 nitrogen and oxygen atoms in total. The van der Waals surface area contributed by atoms with Crippen LogP contribution in [0.15, 0.2) is 207 Å². The molecule has 0 amide bonds. The molecule has 0 bridgehead atoms. The molecule has 0 aliphatic carbocycles. The van der Waals surface area contributed by atoms with E-state index in [9.17, 15) is 8.78 Å². The average Bonchev–Trinajstić information content (AvgIpc) is 3.38. The Morgan fingerprint density at radius 2 is 0.836 bits per heavy atom. The normalized spacial score (nSPS) is 11.0. The molecule has 0 aliphatic heterocycles. The predicted molar refractivity (Wildman–Crippen MR) is 262 cm³/mol. The molecule has 10 aromatic rings. The number of hydrogen-bond donors (Lipinski definition) is 0. The minimum atomic E-state index is -0.605. The van der Waals surface area contributed by atoms with Gasteiger partial charge in [-0.2, -0.15) is 0 Å². The topological polar surface area (TPSA) is 38.7 Å². The van der Waals surface area contributed by atoms with Crippen LogP contribution in [0.2, 0.25) is 0 Å². The van der Waals surface area contributed by atoms with Gasteiger partial charge in [0.05, 0.1) is 0 Å². The summed E-state index contributed by atoms with van der Waals surface area (Å²) >= 11 is 0. The van der Waals surface area contributed by atoms with Crippen molar-refractivity contribution in [3.05, 3.63) is 259 Å². The van der Waals surface area contributed by atoms with Gasteiger partial charge in [-0.15, -0.1) is 108 Å². The molecule has 0 unspecified atom stereocenters. The van der Waals surface area contributed by atoms with E-state index in [1.807, 2.05) is 116 Å². The summed E-state index contributed by atoms with van der Waals surface area (Å²) in [4.78, 5) is 14.6. The molecule has 0 radical (unpaired) electrons. The summed E-state index contributed by atoms with van der Waals surface area (Å²) in [5, 5.41) is 0. The zero-order valence-electron chi connectivity index (χ0n) is 36.4. The minimum Gasteiger partial charge on any atom is -0.304 e. The first-order valence-electron chi connectivity index (χ1n) is 22.1. The predicted octanol–water partition coefficient (Wildman–Crippen LogP) is 14.8. The second-order valence-corrected chi connectivity index (χ2v) is 16.3. The van der Waals surface area contributed by atoms with Gasteiger partial charge in [0.2, 0.25) is 0 Å². The van der Waals surface area contributed by atoms with E-state index in [0.717, 1.165) is 98.9 Å². The van der Waals surface area contributed by atoms with Gasteiger partial charge in [0.15, 0.2) is 0 Å². The van der Waals surface area contributed by atoms with Crippen LogP contribution in [-0.4, -0.2) is 15.0 Å². The fourth-order valence-corrected chi connectivity index (χ4v) is 8.48. The summed E-state index contributed by atoms with van der Waals surface area (Å²) in [6.45, 7) is 0. The van der Waals surface area contributed by atoms with Crippen LogP contribution in [0.3, 0.4) is 0 Å². The number of aryl methyl sites for hydroxylation is 4. The molecule has 10 rings (SSSR count). The standard InChI is InChI=1S/C61H42F2N3.Ir/c62-52-30-31-54(58(63)37-52)46-26-28-47(29-27-46)56-38-61(50-16-8-3-9-17-50)66-41-57(56)55-19-11-10-18-53(55)51-35-44(22-20-42-24-32-59(64-39-42)48-12-4-1-5-13-48)34-45(36-51)23-21-43-25-33-60(65-40-43)49-14-6-2-7-15-49;/h1-12,14,16,18-19,24-41H,20-23H2;/q-3;+3. The molecule has 324 valence electrons. The van der Waals surface area contributed by atoms with Crippen LogP contribution < -0.4 is 0 Å². The monoisotopic (exact) mass is 1050 g/mol. The molecule has 0 fully saturated rings. The maximum atomic E-state index is 14.9. The Labute approximate surface area is 404 Å². The zero-order chi connectivity index (χ0) is 44.7. The molecule has 3 heterocycles. The van der Waals surface area contributed by atoms with Crippen LogP contribution in [0.1, 0.15) is 22.3 Å². The molecule has 0 aliphatic rings. The zero-order valence-corrected chi connectivity index (χ0v) is 38.8. The fraction of sp³-hybridized carbons (Fsp3) is 0.0656. The van der Waals surface area contributed by atoms with E-state index in [4.69, 9.17) is 15.0 Å². The largest absolute Gasteiger partial charge is 3.00 e. The SMILES string of the molecule is Fc1ccc(-c2ccc(-c3cc(-c4[c-]cccc4)ncc3-c3ccccc3-c3cc(CCc4ccc(-c5[c-]cccc5)nc4)cc(CCc4ccc(-c5[c-]cccc5)nc4)c3)cc2)c(F)c1.[Ir+3]. The Morgan fingerprint density at radius 3 is 1.34 bits per heavy atom. The molecule has 0 saturated heterocycles. The van der Waals surface area contributed by atoms with Crippen molar-refractivity contribution in [2.45, 2.75) is 25.7 Å². The molecule has 0 atom stereocenters. The summed E-state index contributed by atoms with van der Waals surface area (Å²) in [7, 11) is 0. The third-order valence-corrected chi connectivity index (χ3v) is 11.9. The van der Waals surface area contributed by atoms with Crippen LogP contribution >= 0.6 is 0 Å². The van der Waals surface area contributed by atoms with Crippen LogP contribution in [0.25, 0.3) is 78.3 Å². The second kappa shape index (κ2) is 20.8. The van der Waals surface area contributed by atoms with Gasteiger partial charge in [-0.1, -0.05) is 97.1 Å². The third-order valence-electron chi connectivity index (χ3n) is 11.9. The Balaban J connectivity index is 0.00000562. The maximum Gasteiger partial charge on any atom is 3.00 e. The quantitative estimate of drug-likeness (QED) is 0.108. The first-order chi connectivity index (χ1) is 32.5. The minimum absolute atomic E-state index is 0. The molecule has 0 saturated carbocycles. The van der Waals surface area contributed by atoms with Gasteiger partial charge < -0.3 is 15.0 Å². The Hall–Kier alpha value is -7.50. The first kappa shape index (κ1) is 44.7. The van der Waals surface area contributed by atoms with E-state index in [1.165, 1.54) is 34.4 Å². The third kappa shape index (κ3) is 10.5. The van der Waals surface area contributed by atoms with E-state index in [-0.39, 0.29) is 20.1 Å². The van der Waals surface area contributed by atoms with Crippen molar-refractivity contribution in [3.8, 4) is 78.3 Å². The number of nitrogens with zero attached hydrogens (tertiary/aromatic N) is 3. The van der Waals surface area contributed by atoms with Gasteiger partial charge in [-0.3, -0.25) is 0 Å². The number of hydrogen-bond acceptors (Lipinski definition) is 3. The van der Waals surface area contributed by atoms with Gasteiger partial charge >= 0.3 is 20.1 Å². The van der Waals surface area contributed by atoms with Crippen LogP contribution in [0.4, 0.5) is 8.78 Å². The van der Waals surface area contributed by atoms with Crippen LogP contribution in [0.5, 0.6) is 0 Å².